The van der Waals surface area contributed by atoms with Crippen molar-refractivity contribution in [2.45, 2.75) is 6.29 Å². The number of ether oxygens (including phenoxy) is 2. The Morgan fingerprint density at radius 3 is 1.88 bits per heavy atom. The lowest BCUT2D eigenvalue weighted by atomic mass is 10.2. The van der Waals surface area contributed by atoms with E-state index in [0.29, 0.717) is 5.56 Å². The van der Waals surface area contributed by atoms with Crippen LogP contribution in [-0.4, -0.2) is 11.9 Å². The summed E-state index contributed by atoms with van der Waals surface area (Å²) in [4.78, 5) is 22.2. The molecule has 1 rings (SSSR count). The minimum absolute atomic E-state index is 0.554. The summed E-state index contributed by atoms with van der Waals surface area (Å²) in [5, 5.41) is 0. The maximum atomic E-state index is 11.1. The average Bonchev–Trinajstić information content (AvgIpc) is 2.38. The van der Waals surface area contributed by atoms with Gasteiger partial charge in [-0.05, 0) is 0 Å². The molecule has 4 heteroatoms. The molecule has 17 heavy (non-hydrogen) atoms. The molecule has 0 N–H and O–H groups in total. The Bertz CT molecular complexity index is 400. The van der Waals surface area contributed by atoms with Crippen molar-refractivity contribution in [3.63, 3.8) is 0 Å². The van der Waals surface area contributed by atoms with Crippen molar-refractivity contribution < 1.29 is 19.1 Å². The Balaban J connectivity index is 2.86. The molecule has 0 aliphatic rings. The Hall–Kier alpha value is -2.36. The van der Waals surface area contributed by atoms with Gasteiger partial charge in [-0.1, -0.05) is 43.5 Å². The van der Waals surface area contributed by atoms with Crippen molar-refractivity contribution in [1.82, 2.24) is 0 Å². The van der Waals surface area contributed by atoms with Gasteiger partial charge in [0.1, 0.15) is 0 Å². The minimum atomic E-state index is -1.09. The Morgan fingerprint density at radius 1 is 1.00 bits per heavy atom. The lowest BCUT2D eigenvalue weighted by Gasteiger charge is -2.16. The zero-order valence-corrected chi connectivity index (χ0v) is 9.17. The predicted octanol–water partition coefficient (Wildman–Crippen LogP) is 2.14. The van der Waals surface area contributed by atoms with E-state index in [2.05, 4.69) is 13.2 Å². The van der Waals surface area contributed by atoms with E-state index >= 15 is 0 Å². The molecule has 0 radical (unpaired) electrons. The fourth-order valence-corrected chi connectivity index (χ4v) is 1.08. The molecule has 0 spiro atoms. The first-order valence-electron chi connectivity index (χ1n) is 4.88. The van der Waals surface area contributed by atoms with Crippen LogP contribution in [0.15, 0.2) is 55.6 Å². The monoisotopic (exact) mass is 232 g/mol. The van der Waals surface area contributed by atoms with Crippen LogP contribution in [0.4, 0.5) is 0 Å². The van der Waals surface area contributed by atoms with Gasteiger partial charge in [0.15, 0.2) is 0 Å². The van der Waals surface area contributed by atoms with Crippen molar-refractivity contribution in [2.24, 2.45) is 0 Å². The first-order valence-corrected chi connectivity index (χ1v) is 4.88. The standard InChI is InChI=1S/C13H12O4/c1-3-11(14)16-13(17-12(15)4-2)10-8-6-5-7-9-10/h3-9,13H,1-2H2. The van der Waals surface area contributed by atoms with Crippen molar-refractivity contribution >= 4 is 11.9 Å². The second kappa shape index (κ2) is 6.27. The summed E-state index contributed by atoms with van der Waals surface area (Å²) in [6.07, 6.45) is 0.905. The number of hydrogen-bond donors (Lipinski definition) is 0. The van der Waals surface area contributed by atoms with Crippen LogP contribution in [0.3, 0.4) is 0 Å². The summed E-state index contributed by atoms with van der Waals surface area (Å²) < 4.78 is 9.82. The molecule has 0 atom stereocenters. The van der Waals surface area contributed by atoms with Crippen LogP contribution < -0.4 is 0 Å². The maximum absolute atomic E-state index is 11.1. The van der Waals surface area contributed by atoms with E-state index in [1.165, 1.54) is 0 Å². The van der Waals surface area contributed by atoms with Gasteiger partial charge in [-0.25, -0.2) is 9.59 Å². The van der Waals surface area contributed by atoms with E-state index in [0.717, 1.165) is 12.2 Å². The van der Waals surface area contributed by atoms with E-state index in [4.69, 9.17) is 9.47 Å². The first-order chi connectivity index (χ1) is 8.17. The van der Waals surface area contributed by atoms with Gasteiger partial charge in [0.2, 0.25) is 0 Å². The smallest absolute Gasteiger partial charge is 0.333 e. The predicted molar refractivity (Wildman–Crippen MR) is 61.8 cm³/mol. The summed E-state index contributed by atoms with van der Waals surface area (Å²) >= 11 is 0. The third kappa shape index (κ3) is 3.95. The summed E-state index contributed by atoms with van der Waals surface area (Å²) in [5.74, 6) is -1.34. The van der Waals surface area contributed by atoms with Crippen LogP contribution in [0.1, 0.15) is 11.9 Å². The minimum Gasteiger partial charge on any atom is -0.417 e. The molecule has 1 aromatic rings. The molecule has 0 saturated carbocycles. The molecule has 0 heterocycles. The zero-order chi connectivity index (χ0) is 12.7. The quantitative estimate of drug-likeness (QED) is 0.443. The molecule has 0 saturated heterocycles. The van der Waals surface area contributed by atoms with Crippen molar-refractivity contribution in [3.05, 3.63) is 61.2 Å². The summed E-state index contributed by atoms with van der Waals surface area (Å²) in [7, 11) is 0. The molecular formula is C13H12O4. The molecule has 1 aromatic carbocycles. The highest BCUT2D eigenvalue weighted by molar-refractivity contribution is 5.83. The number of hydrogen-bond acceptors (Lipinski definition) is 4. The van der Waals surface area contributed by atoms with E-state index in [1.807, 2.05) is 0 Å². The lowest BCUT2D eigenvalue weighted by molar-refractivity contribution is -0.182. The van der Waals surface area contributed by atoms with Gasteiger partial charge in [0.25, 0.3) is 6.29 Å². The lowest BCUT2D eigenvalue weighted by Crippen LogP contribution is -2.15. The highest BCUT2D eigenvalue weighted by Gasteiger charge is 2.18. The van der Waals surface area contributed by atoms with Gasteiger partial charge in [0, 0.05) is 17.7 Å². The van der Waals surface area contributed by atoms with Crippen molar-refractivity contribution in [3.8, 4) is 0 Å². The van der Waals surface area contributed by atoms with Gasteiger partial charge < -0.3 is 9.47 Å². The number of carbonyl (C=O) groups is 2. The fraction of sp³-hybridized carbons (Fsp3) is 0.0769. The van der Waals surface area contributed by atoms with Gasteiger partial charge in [0.05, 0.1) is 0 Å². The van der Waals surface area contributed by atoms with E-state index in [1.54, 1.807) is 30.3 Å². The SMILES string of the molecule is C=CC(=O)OC(OC(=O)C=C)c1ccccc1. The molecule has 88 valence electrons. The average molecular weight is 232 g/mol. The highest BCUT2D eigenvalue weighted by atomic mass is 16.7. The van der Waals surface area contributed by atoms with Crippen LogP contribution in [-0.2, 0) is 19.1 Å². The van der Waals surface area contributed by atoms with Crippen molar-refractivity contribution in [2.75, 3.05) is 0 Å². The molecular weight excluding hydrogens is 220 g/mol. The molecule has 0 fully saturated rings. The van der Waals surface area contributed by atoms with Crippen LogP contribution in [0.5, 0.6) is 0 Å². The van der Waals surface area contributed by atoms with Gasteiger partial charge in [-0.15, -0.1) is 0 Å². The van der Waals surface area contributed by atoms with Gasteiger partial charge in [-0.3, -0.25) is 0 Å². The molecule has 0 bridgehead atoms. The second-order valence-corrected chi connectivity index (χ2v) is 3.02. The van der Waals surface area contributed by atoms with Gasteiger partial charge in [-0.2, -0.15) is 0 Å². The number of carbonyl (C=O) groups excluding carboxylic acids is 2. The Labute approximate surface area is 99.2 Å². The van der Waals surface area contributed by atoms with Gasteiger partial charge >= 0.3 is 11.9 Å². The molecule has 4 nitrogen and oxygen atoms in total. The fourth-order valence-electron chi connectivity index (χ4n) is 1.08. The maximum Gasteiger partial charge on any atom is 0.333 e. The van der Waals surface area contributed by atoms with Crippen LogP contribution in [0, 0.1) is 0 Å². The molecule has 0 aliphatic carbocycles. The summed E-state index contributed by atoms with van der Waals surface area (Å²) in [6.45, 7) is 6.54. The van der Waals surface area contributed by atoms with Crippen LogP contribution in [0.2, 0.25) is 0 Å². The van der Waals surface area contributed by atoms with E-state index in [-0.39, 0.29) is 0 Å². The van der Waals surface area contributed by atoms with Crippen molar-refractivity contribution in [1.29, 1.82) is 0 Å². The molecule has 0 aromatic heterocycles. The summed E-state index contributed by atoms with van der Waals surface area (Å²) in [5.41, 5.74) is 0.554. The largest absolute Gasteiger partial charge is 0.417 e. The third-order valence-electron chi connectivity index (χ3n) is 1.85. The summed E-state index contributed by atoms with van der Waals surface area (Å²) in [6, 6.07) is 8.64. The Morgan fingerprint density at radius 2 is 1.47 bits per heavy atom. The van der Waals surface area contributed by atoms with E-state index in [9.17, 15) is 9.59 Å². The second-order valence-electron chi connectivity index (χ2n) is 3.02. The normalized spacial score (nSPS) is 9.47. The number of esters is 2. The third-order valence-corrected chi connectivity index (χ3v) is 1.85. The van der Waals surface area contributed by atoms with Crippen LogP contribution in [0.25, 0.3) is 0 Å². The Kier molecular flexibility index (Phi) is 4.69. The number of benzene rings is 1. The first kappa shape index (κ1) is 12.7. The molecule has 0 aliphatic heterocycles. The highest BCUT2D eigenvalue weighted by Crippen LogP contribution is 2.19. The number of rotatable bonds is 5. The molecule has 0 unspecified atom stereocenters. The zero-order valence-electron chi connectivity index (χ0n) is 9.17. The van der Waals surface area contributed by atoms with Crippen LogP contribution >= 0.6 is 0 Å². The molecule has 0 amide bonds. The topological polar surface area (TPSA) is 52.6 Å². The van der Waals surface area contributed by atoms with E-state index < -0.39 is 18.2 Å².